The first-order chi connectivity index (χ1) is 18.0. The molecule has 13 heteroatoms. The molecule has 0 unspecified atom stereocenters. The van der Waals surface area contributed by atoms with E-state index in [-0.39, 0.29) is 42.3 Å². The first kappa shape index (κ1) is 28.8. The monoisotopic (exact) mass is 567 g/mol. The van der Waals surface area contributed by atoms with Crippen molar-refractivity contribution in [3.8, 4) is 11.3 Å². The van der Waals surface area contributed by atoms with Crippen LogP contribution in [0.15, 0.2) is 30.7 Å². The van der Waals surface area contributed by atoms with Gasteiger partial charge >= 0.3 is 6.18 Å². The molecule has 0 radical (unpaired) electrons. The summed E-state index contributed by atoms with van der Waals surface area (Å²) in [4.78, 5) is 29.5. The molecular formula is C26H30ClF4N7O. The molecule has 2 aliphatic rings. The van der Waals surface area contributed by atoms with Gasteiger partial charge in [0.25, 0.3) is 0 Å². The molecule has 210 valence electrons. The summed E-state index contributed by atoms with van der Waals surface area (Å²) in [5, 5.41) is 2.75. The molecule has 39 heavy (non-hydrogen) atoms. The van der Waals surface area contributed by atoms with E-state index in [4.69, 9.17) is 4.98 Å². The Morgan fingerprint density at radius 3 is 2.56 bits per heavy atom. The van der Waals surface area contributed by atoms with Crippen LogP contribution in [0.5, 0.6) is 0 Å². The number of hydrogen-bond donors (Lipinski definition) is 1. The topological polar surface area (TPSA) is 79.2 Å². The molecule has 0 saturated carbocycles. The van der Waals surface area contributed by atoms with Crippen molar-refractivity contribution in [2.45, 2.75) is 57.9 Å². The molecule has 5 rings (SSSR count). The molecule has 2 aliphatic heterocycles. The molecule has 0 bridgehead atoms. The van der Waals surface area contributed by atoms with Crippen molar-refractivity contribution < 1.29 is 22.4 Å². The number of carbonyl (C=O) groups excluding carboxylic acids is 1. The lowest BCUT2D eigenvalue weighted by Gasteiger charge is -2.34. The van der Waals surface area contributed by atoms with Gasteiger partial charge in [0.1, 0.15) is 29.6 Å². The molecule has 1 fully saturated rings. The van der Waals surface area contributed by atoms with Crippen LogP contribution in [-0.4, -0.2) is 56.5 Å². The number of carbonyl (C=O) groups is 1. The van der Waals surface area contributed by atoms with E-state index in [1.165, 1.54) is 12.4 Å². The lowest BCUT2D eigenvalue weighted by atomic mass is 9.95. The second-order valence-corrected chi connectivity index (χ2v) is 10.1. The second kappa shape index (κ2) is 11.1. The number of rotatable bonds is 6. The number of halogens is 5. The van der Waals surface area contributed by atoms with Crippen molar-refractivity contribution >= 4 is 29.9 Å². The standard InChI is InChI=1S/C26H29F4N7O.ClH/c1-15(2)35(3)14-37-12-21(17-4-5-20(27)19(10-17)26(28,29)30)33-24(37)16-6-8-36(9-7-16)25-18-11-22(38)34-23(18)31-13-32-25;/h4-5,10,12-13,15-16H,6-9,11,14H2,1-3H3,(H,31,32,34,38);1H. The summed E-state index contributed by atoms with van der Waals surface area (Å²) >= 11 is 0. The average Bonchev–Trinajstić information content (AvgIpc) is 3.46. The quantitative estimate of drug-likeness (QED) is 0.418. The predicted octanol–water partition coefficient (Wildman–Crippen LogP) is 5.10. The molecule has 8 nitrogen and oxygen atoms in total. The van der Waals surface area contributed by atoms with Crippen LogP contribution in [0.25, 0.3) is 11.3 Å². The van der Waals surface area contributed by atoms with Crippen molar-refractivity contribution in [3.05, 3.63) is 53.5 Å². The number of nitrogens with zero attached hydrogens (tertiary/aromatic N) is 6. The Kier molecular flexibility index (Phi) is 8.17. The lowest BCUT2D eigenvalue weighted by molar-refractivity contribution is -0.140. The minimum atomic E-state index is -4.79. The van der Waals surface area contributed by atoms with E-state index in [0.717, 1.165) is 42.2 Å². The number of anilines is 2. The SMILES string of the molecule is CC(C)N(C)Cn1cc(-c2ccc(F)c(C(F)(F)F)c2)nc1C1CCN(c2ncnc3c2CC(=O)N3)CC1.Cl. The van der Waals surface area contributed by atoms with Crippen molar-refractivity contribution in [1.82, 2.24) is 24.4 Å². The van der Waals surface area contributed by atoms with E-state index in [2.05, 4.69) is 38.9 Å². The van der Waals surface area contributed by atoms with E-state index in [1.807, 2.05) is 11.6 Å². The van der Waals surface area contributed by atoms with E-state index < -0.39 is 17.6 Å². The Hall–Kier alpha value is -3.25. The molecule has 3 aromatic rings. The highest BCUT2D eigenvalue weighted by Gasteiger charge is 2.35. The van der Waals surface area contributed by atoms with Gasteiger partial charge < -0.3 is 14.8 Å². The molecule has 1 saturated heterocycles. The van der Waals surface area contributed by atoms with Gasteiger partial charge in [0.15, 0.2) is 0 Å². The van der Waals surface area contributed by atoms with Crippen LogP contribution in [0.4, 0.5) is 29.2 Å². The van der Waals surface area contributed by atoms with E-state index in [9.17, 15) is 22.4 Å². The number of hydrogen-bond acceptors (Lipinski definition) is 6. The minimum absolute atomic E-state index is 0. The Balaban J connectivity index is 0.00000353. The van der Waals surface area contributed by atoms with Gasteiger partial charge in [0.2, 0.25) is 5.91 Å². The third kappa shape index (κ3) is 5.86. The lowest BCUT2D eigenvalue weighted by Crippen LogP contribution is -2.35. The first-order valence-electron chi connectivity index (χ1n) is 12.5. The third-order valence-corrected chi connectivity index (χ3v) is 7.31. The van der Waals surface area contributed by atoms with Crippen LogP contribution in [0.1, 0.15) is 49.6 Å². The fraction of sp³-hybridized carbons (Fsp3) is 0.462. The van der Waals surface area contributed by atoms with Gasteiger partial charge in [-0.25, -0.2) is 19.3 Å². The zero-order valence-corrected chi connectivity index (χ0v) is 22.6. The van der Waals surface area contributed by atoms with Gasteiger partial charge in [-0.3, -0.25) is 9.69 Å². The molecule has 0 spiro atoms. The number of fused-ring (bicyclic) bond motifs is 1. The number of alkyl halides is 3. The predicted molar refractivity (Wildman–Crippen MR) is 141 cm³/mol. The highest BCUT2D eigenvalue weighted by Crippen LogP contribution is 2.37. The van der Waals surface area contributed by atoms with Crippen molar-refractivity contribution in [2.24, 2.45) is 0 Å². The van der Waals surface area contributed by atoms with Gasteiger partial charge in [0, 0.05) is 42.4 Å². The Labute approximate surface area is 229 Å². The van der Waals surface area contributed by atoms with Gasteiger partial charge in [-0.1, -0.05) is 0 Å². The number of benzene rings is 1. The van der Waals surface area contributed by atoms with Crippen LogP contribution >= 0.6 is 12.4 Å². The van der Waals surface area contributed by atoms with Crippen LogP contribution in [0, 0.1) is 5.82 Å². The average molecular weight is 568 g/mol. The largest absolute Gasteiger partial charge is 0.419 e. The van der Waals surface area contributed by atoms with Gasteiger partial charge in [-0.2, -0.15) is 13.2 Å². The van der Waals surface area contributed by atoms with Gasteiger partial charge in [-0.05, 0) is 51.9 Å². The Bertz CT molecular complexity index is 1350. The van der Waals surface area contributed by atoms with Crippen LogP contribution in [0.2, 0.25) is 0 Å². The fourth-order valence-electron chi connectivity index (χ4n) is 4.95. The molecule has 2 aromatic heterocycles. The number of nitrogens with one attached hydrogen (secondary N) is 1. The van der Waals surface area contributed by atoms with Crippen LogP contribution < -0.4 is 10.2 Å². The summed E-state index contributed by atoms with van der Waals surface area (Å²) in [6.45, 7) is 6.00. The number of imidazole rings is 1. The normalized spacial score (nSPS) is 16.0. The molecule has 0 aliphatic carbocycles. The summed E-state index contributed by atoms with van der Waals surface area (Å²) in [5.41, 5.74) is 0.0968. The van der Waals surface area contributed by atoms with Crippen LogP contribution in [-0.2, 0) is 24.1 Å². The number of amides is 1. The smallest absolute Gasteiger partial charge is 0.356 e. The third-order valence-electron chi connectivity index (χ3n) is 7.31. The maximum atomic E-state index is 13.9. The summed E-state index contributed by atoms with van der Waals surface area (Å²) in [7, 11) is 1.97. The highest BCUT2D eigenvalue weighted by molar-refractivity contribution is 5.99. The zero-order chi connectivity index (χ0) is 27.2. The second-order valence-electron chi connectivity index (χ2n) is 10.1. The summed E-state index contributed by atoms with van der Waals surface area (Å²) in [6.07, 6.45) is 0.154. The van der Waals surface area contributed by atoms with E-state index in [0.29, 0.717) is 31.3 Å². The summed E-state index contributed by atoms with van der Waals surface area (Å²) in [5.74, 6) is 0.751. The molecule has 1 amide bonds. The van der Waals surface area contributed by atoms with Gasteiger partial charge in [0.05, 0.1) is 24.3 Å². The van der Waals surface area contributed by atoms with Gasteiger partial charge in [-0.15, -0.1) is 12.4 Å². The van der Waals surface area contributed by atoms with Crippen molar-refractivity contribution in [1.29, 1.82) is 0 Å². The zero-order valence-electron chi connectivity index (χ0n) is 21.8. The molecule has 1 aromatic carbocycles. The summed E-state index contributed by atoms with van der Waals surface area (Å²) < 4.78 is 56.0. The highest BCUT2D eigenvalue weighted by atomic mass is 35.5. The molecule has 4 heterocycles. The molecular weight excluding hydrogens is 538 g/mol. The van der Waals surface area contributed by atoms with Crippen LogP contribution in [0.3, 0.4) is 0 Å². The molecule has 1 N–H and O–H groups in total. The maximum absolute atomic E-state index is 13.9. The number of piperidine rings is 1. The Morgan fingerprint density at radius 2 is 1.90 bits per heavy atom. The maximum Gasteiger partial charge on any atom is 0.419 e. The van der Waals surface area contributed by atoms with E-state index >= 15 is 0 Å². The number of aromatic nitrogens is 4. The minimum Gasteiger partial charge on any atom is -0.356 e. The molecule has 0 atom stereocenters. The Morgan fingerprint density at radius 1 is 1.18 bits per heavy atom. The fourth-order valence-corrected chi connectivity index (χ4v) is 4.95. The first-order valence-corrected chi connectivity index (χ1v) is 12.5. The van der Waals surface area contributed by atoms with Crippen molar-refractivity contribution in [3.63, 3.8) is 0 Å². The summed E-state index contributed by atoms with van der Waals surface area (Å²) in [6, 6.07) is 3.25. The van der Waals surface area contributed by atoms with Crippen molar-refractivity contribution in [2.75, 3.05) is 30.4 Å². The van der Waals surface area contributed by atoms with E-state index in [1.54, 1.807) is 6.20 Å².